The molecule has 6 heteroatoms. The maximum atomic E-state index is 12.2. The van der Waals surface area contributed by atoms with E-state index < -0.39 is 5.91 Å². The van der Waals surface area contributed by atoms with E-state index in [1.807, 2.05) is 0 Å². The molecule has 0 aliphatic rings. The Morgan fingerprint density at radius 3 is 2.57 bits per heavy atom. The zero-order chi connectivity index (χ0) is 16.4. The second-order valence-corrected chi connectivity index (χ2v) is 5.61. The van der Waals surface area contributed by atoms with Gasteiger partial charge in [0.2, 0.25) is 0 Å². The average molecular weight is 348 g/mol. The van der Waals surface area contributed by atoms with Gasteiger partial charge >= 0.3 is 0 Å². The standard InChI is InChI=1S/C17H11Cl2NO3/c18-13-5-4-10(8-14(13)19)15-6-7-16(23-15)17(22)20-11-2-1-3-12(21)9-11/h1-9,21H,(H,20,22). The van der Waals surface area contributed by atoms with E-state index in [4.69, 9.17) is 27.6 Å². The summed E-state index contributed by atoms with van der Waals surface area (Å²) in [5.74, 6) is 0.305. The predicted octanol–water partition coefficient (Wildman–Crippen LogP) is 5.21. The fraction of sp³-hybridized carbons (Fsp3) is 0. The molecule has 4 nitrogen and oxygen atoms in total. The number of phenolic OH excluding ortho intramolecular Hbond substituents is 1. The maximum absolute atomic E-state index is 12.2. The van der Waals surface area contributed by atoms with Crippen LogP contribution in [0.25, 0.3) is 11.3 Å². The Morgan fingerprint density at radius 2 is 1.83 bits per heavy atom. The van der Waals surface area contributed by atoms with Crippen molar-refractivity contribution in [1.29, 1.82) is 0 Å². The summed E-state index contributed by atoms with van der Waals surface area (Å²) in [6.45, 7) is 0. The molecule has 0 spiro atoms. The summed E-state index contributed by atoms with van der Waals surface area (Å²) < 4.78 is 5.55. The van der Waals surface area contributed by atoms with Crippen LogP contribution in [-0.4, -0.2) is 11.0 Å². The van der Waals surface area contributed by atoms with Gasteiger partial charge in [-0.05, 0) is 42.5 Å². The van der Waals surface area contributed by atoms with Crippen LogP contribution < -0.4 is 5.32 Å². The van der Waals surface area contributed by atoms with E-state index in [-0.39, 0.29) is 11.5 Å². The first-order valence-corrected chi connectivity index (χ1v) is 7.44. The second kappa shape index (κ2) is 6.36. The Balaban J connectivity index is 1.81. The summed E-state index contributed by atoms with van der Waals surface area (Å²) in [7, 11) is 0. The van der Waals surface area contributed by atoms with Crippen LogP contribution in [0.4, 0.5) is 5.69 Å². The molecule has 0 radical (unpaired) electrons. The third kappa shape index (κ3) is 3.50. The Bertz CT molecular complexity index is 874. The fourth-order valence-corrected chi connectivity index (χ4v) is 2.34. The quantitative estimate of drug-likeness (QED) is 0.683. The molecule has 0 bridgehead atoms. The lowest BCUT2D eigenvalue weighted by molar-refractivity contribution is 0.0997. The van der Waals surface area contributed by atoms with Gasteiger partial charge in [0.15, 0.2) is 5.76 Å². The van der Waals surface area contributed by atoms with Crippen LogP contribution in [0.15, 0.2) is 59.0 Å². The number of phenols is 1. The average Bonchev–Trinajstić information content (AvgIpc) is 3.00. The third-order valence-corrected chi connectivity index (χ3v) is 3.88. The Labute approximate surface area is 142 Å². The summed E-state index contributed by atoms with van der Waals surface area (Å²) in [4.78, 5) is 12.2. The van der Waals surface area contributed by atoms with E-state index in [0.717, 1.165) is 5.56 Å². The minimum Gasteiger partial charge on any atom is -0.508 e. The van der Waals surface area contributed by atoms with Gasteiger partial charge in [0.1, 0.15) is 11.5 Å². The number of amides is 1. The van der Waals surface area contributed by atoms with E-state index in [1.54, 1.807) is 42.5 Å². The van der Waals surface area contributed by atoms with Gasteiger partial charge in [-0.2, -0.15) is 0 Å². The number of halogens is 2. The van der Waals surface area contributed by atoms with Crippen molar-refractivity contribution >= 4 is 34.8 Å². The lowest BCUT2D eigenvalue weighted by Gasteiger charge is -2.03. The molecule has 3 rings (SSSR count). The molecule has 1 aromatic heterocycles. The molecule has 0 aliphatic heterocycles. The summed E-state index contributed by atoms with van der Waals surface area (Å²) in [5, 5.41) is 12.9. The van der Waals surface area contributed by atoms with Crippen LogP contribution in [0.1, 0.15) is 10.6 Å². The highest BCUT2D eigenvalue weighted by Crippen LogP contribution is 2.29. The van der Waals surface area contributed by atoms with Gasteiger partial charge in [-0.1, -0.05) is 29.3 Å². The molecule has 0 fully saturated rings. The van der Waals surface area contributed by atoms with Crippen LogP contribution in [0.3, 0.4) is 0 Å². The number of carbonyl (C=O) groups is 1. The summed E-state index contributed by atoms with van der Waals surface area (Å²) >= 11 is 11.9. The molecule has 0 aliphatic carbocycles. The number of benzene rings is 2. The van der Waals surface area contributed by atoms with Crippen LogP contribution >= 0.6 is 23.2 Å². The van der Waals surface area contributed by atoms with Gasteiger partial charge in [0.05, 0.1) is 10.0 Å². The normalized spacial score (nSPS) is 10.5. The van der Waals surface area contributed by atoms with Crippen LogP contribution in [0, 0.1) is 0 Å². The molecule has 0 saturated heterocycles. The van der Waals surface area contributed by atoms with E-state index in [2.05, 4.69) is 5.32 Å². The van der Waals surface area contributed by atoms with Gasteiger partial charge in [0, 0.05) is 17.3 Å². The molecule has 1 heterocycles. The van der Waals surface area contributed by atoms with Crippen molar-refractivity contribution in [2.24, 2.45) is 0 Å². The Kier molecular flexibility index (Phi) is 4.28. The molecule has 1 amide bonds. The minimum atomic E-state index is -0.415. The minimum absolute atomic E-state index is 0.0683. The maximum Gasteiger partial charge on any atom is 0.291 e. The fourth-order valence-electron chi connectivity index (χ4n) is 2.04. The monoisotopic (exact) mass is 347 g/mol. The van der Waals surface area contributed by atoms with E-state index in [0.29, 0.717) is 21.5 Å². The van der Waals surface area contributed by atoms with Crippen molar-refractivity contribution in [3.8, 4) is 17.1 Å². The lowest BCUT2D eigenvalue weighted by Crippen LogP contribution is -2.10. The van der Waals surface area contributed by atoms with Crippen molar-refractivity contribution < 1.29 is 14.3 Å². The first kappa shape index (κ1) is 15.5. The van der Waals surface area contributed by atoms with Crippen molar-refractivity contribution in [1.82, 2.24) is 0 Å². The van der Waals surface area contributed by atoms with Crippen molar-refractivity contribution in [3.63, 3.8) is 0 Å². The third-order valence-electron chi connectivity index (χ3n) is 3.14. The highest BCUT2D eigenvalue weighted by Gasteiger charge is 2.13. The van der Waals surface area contributed by atoms with Crippen LogP contribution in [0.5, 0.6) is 5.75 Å². The predicted molar refractivity (Wildman–Crippen MR) is 90.2 cm³/mol. The van der Waals surface area contributed by atoms with Gasteiger partial charge in [0.25, 0.3) is 5.91 Å². The highest BCUT2D eigenvalue weighted by molar-refractivity contribution is 6.42. The summed E-state index contributed by atoms with van der Waals surface area (Å²) in [5.41, 5.74) is 1.19. The SMILES string of the molecule is O=C(Nc1cccc(O)c1)c1ccc(-c2ccc(Cl)c(Cl)c2)o1. The topological polar surface area (TPSA) is 62.5 Å². The highest BCUT2D eigenvalue weighted by atomic mass is 35.5. The molecule has 116 valence electrons. The Hall–Kier alpha value is -2.43. The first-order chi connectivity index (χ1) is 11.0. The van der Waals surface area contributed by atoms with Crippen molar-refractivity contribution in [2.45, 2.75) is 0 Å². The molecule has 2 aromatic carbocycles. The number of anilines is 1. The second-order valence-electron chi connectivity index (χ2n) is 4.80. The van der Waals surface area contributed by atoms with Crippen molar-refractivity contribution in [3.05, 3.63) is 70.4 Å². The Morgan fingerprint density at radius 1 is 1.00 bits per heavy atom. The number of carbonyl (C=O) groups excluding carboxylic acids is 1. The molecular formula is C17H11Cl2NO3. The van der Waals surface area contributed by atoms with Crippen LogP contribution in [-0.2, 0) is 0 Å². The van der Waals surface area contributed by atoms with Gasteiger partial charge in [-0.25, -0.2) is 0 Å². The molecule has 0 saturated carbocycles. The molecule has 23 heavy (non-hydrogen) atoms. The number of furan rings is 1. The molecule has 2 N–H and O–H groups in total. The van der Waals surface area contributed by atoms with E-state index >= 15 is 0 Å². The number of hydrogen-bond donors (Lipinski definition) is 2. The zero-order valence-electron chi connectivity index (χ0n) is 11.7. The van der Waals surface area contributed by atoms with Gasteiger partial charge < -0.3 is 14.8 Å². The van der Waals surface area contributed by atoms with E-state index in [9.17, 15) is 9.90 Å². The summed E-state index contributed by atoms with van der Waals surface area (Å²) in [6.07, 6.45) is 0. The molecular weight excluding hydrogens is 337 g/mol. The number of hydrogen-bond acceptors (Lipinski definition) is 3. The lowest BCUT2D eigenvalue weighted by atomic mass is 10.2. The molecule has 0 unspecified atom stereocenters. The number of rotatable bonds is 3. The molecule has 3 aromatic rings. The smallest absolute Gasteiger partial charge is 0.291 e. The van der Waals surface area contributed by atoms with Crippen LogP contribution in [0.2, 0.25) is 10.0 Å². The molecule has 0 atom stereocenters. The largest absolute Gasteiger partial charge is 0.508 e. The van der Waals surface area contributed by atoms with E-state index in [1.165, 1.54) is 12.1 Å². The number of aromatic hydroxyl groups is 1. The number of nitrogens with one attached hydrogen (secondary N) is 1. The van der Waals surface area contributed by atoms with Crippen molar-refractivity contribution in [2.75, 3.05) is 5.32 Å². The van der Waals surface area contributed by atoms with Gasteiger partial charge in [-0.3, -0.25) is 4.79 Å². The summed E-state index contributed by atoms with van der Waals surface area (Å²) in [6, 6.07) is 14.6. The zero-order valence-corrected chi connectivity index (χ0v) is 13.2. The van der Waals surface area contributed by atoms with Gasteiger partial charge in [-0.15, -0.1) is 0 Å². The first-order valence-electron chi connectivity index (χ1n) is 6.68.